The number of halogens is 2. The number of aryl methyl sites for hydroxylation is 1. The topological polar surface area (TPSA) is 49.4 Å². The van der Waals surface area contributed by atoms with Crippen LogP contribution >= 0.6 is 0 Å². The minimum atomic E-state index is -0.381. The molecule has 0 saturated carbocycles. The van der Waals surface area contributed by atoms with Crippen LogP contribution in [-0.4, -0.2) is 35.8 Å². The van der Waals surface area contributed by atoms with Crippen molar-refractivity contribution in [2.75, 3.05) is 13.1 Å². The van der Waals surface area contributed by atoms with E-state index >= 15 is 0 Å². The lowest BCUT2D eigenvalue weighted by Crippen LogP contribution is -2.46. The van der Waals surface area contributed by atoms with Gasteiger partial charge in [-0.15, -0.1) is 0 Å². The largest absolute Gasteiger partial charge is 0.349 e. The second-order valence-electron chi connectivity index (χ2n) is 6.73. The summed E-state index contributed by atoms with van der Waals surface area (Å²) in [4.78, 5) is 26.3. The lowest BCUT2D eigenvalue weighted by Gasteiger charge is -2.32. The second-order valence-corrected chi connectivity index (χ2v) is 6.73. The van der Waals surface area contributed by atoms with Gasteiger partial charge in [0.1, 0.15) is 11.6 Å². The van der Waals surface area contributed by atoms with E-state index in [1.165, 1.54) is 30.3 Å². The molecule has 2 aromatic rings. The Morgan fingerprint density at radius 1 is 1.00 bits per heavy atom. The summed E-state index contributed by atoms with van der Waals surface area (Å²) < 4.78 is 26.6. The van der Waals surface area contributed by atoms with Crippen LogP contribution in [-0.2, 0) is 11.2 Å². The molecular formula is C21H22F2N2O2. The number of benzene rings is 2. The molecule has 4 nitrogen and oxygen atoms in total. The first-order valence-electron chi connectivity index (χ1n) is 9.10. The van der Waals surface area contributed by atoms with E-state index in [4.69, 9.17) is 0 Å². The molecule has 1 N–H and O–H groups in total. The first-order chi connectivity index (χ1) is 13.0. The van der Waals surface area contributed by atoms with Gasteiger partial charge in [-0.05, 0) is 55.2 Å². The van der Waals surface area contributed by atoms with Crippen LogP contribution in [0.2, 0.25) is 0 Å². The van der Waals surface area contributed by atoms with Gasteiger partial charge in [0.15, 0.2) is 0 Å². The van der Waals surface area contributed by atoms with Gasteiger partial charge in [0, 0.05) is 31.1 Å². The highest BCUT2D eigenvalue weighted by atomic mass is 19.1. The zero-order valence-corrected chi connectivity index (χ0v) is 15.0. The summed E-state index contributed by atoms with van der Waals surface area (Å²) in [6, 6.07) is 11.9. The summed E-state index contributed by atoms with van der Waals surface area (Å²) >= 11 is 0. The molecule has 0 aromatic heterocycles. The van der Waals surface area contributed by atoms with E-state index in [-0.39, 0.29) is 35.9 Å². The van der Waals surface area contributed by atoms with Crippen molar-refractivity contribution in [2.24, 2.45) is 0 Å². The zero-order chi connectivity index (χ0) is 19.2. The standard InChI is InChI=1S/C21H22F2N2O2/c22-17-8-5-16(6-9-17)21(27)24-18-11-13-25(14-12-18)20(26)10-7-15-3-1-2-4-19(15)23/h1-6,8-9,18H,7,10-14H2,(H,24,27). The molecule has 0 atom stereocenters. The molecule has 1 heterocycles. The maximum absolute atomic E-state index is 13.6. The molecule has 1 saturated heterocycles. The molecule has 0 bridgehead atoms. The maximum Gasteiger partial charge on any atom is 0.251 e. The molecule has 1 aliphatic rings. The Morgan fingerprint density at radius 2 is 1.67 bits per heavy atom. The van der Waals surface area contributed by atoms with Crippen LogP contribution in [0.1, 0.15) is 35.2 Å². The van der Waals surface area contributed by atoms with Gasteiger partial charge in [0.2, 0.25) is 5.91 Å². The molecule has 2 amide bonds. The number of carbonyl (C=O) groups excluding carboxylic acids is 2. The van der Waals surface area contributed by atoms with Crippen molar-refractivity contribution in [3.8, 4) is 0 Å². The number of nitrogens with zero attached hydrogens (tertiary/aromatic N) is 1. The fraction of sp³-hybridized carbons (Fsp3) is 0.333. The smallest absolute Gasteiger partial charge is 0.251 e. The molecule has 0 spiro atoms. The van der Waals surface area contributed by atoms with Crippen molar-refractivity contribution >= 4 is 11.8 Å². The predicted molar refractivity (Wildman–Crippen MR) is 98.2 cm³/mol. The Morgan fingerprint density at radius 3 is 2.33 bits per heavy atom. The van der Waals surface area contributed by atoms with Crippen LogP contribution in [0.5, 0.6) is 0 Å². The van der Waals surface area contributed by atoms with Crippen LogP contribution in [0.3, 0.4) is 0 Å². The van der Waals surface area contributed by atoms with Gasteiger partial charge in [-0.1, -0.05) is 18.2 Å². The van der Waals surface area contributed by atoms with Crippen molar-refractivity contribution in [3.05, 3.63) is 71.3 Å². The molecule has 2 aromatic carbocycles. The van der Waals surface area contributed by atoms with Crippen LogP contribution in [0.15, 0.2) is 48.5 Å². The Balaban J connectivity index is 1.44. The Kier molecular flexibility index (Phi) is 6.16. The Bertz CT molecular complexity index is 800. The molecule has 6 heteroatoms. The number of hydrogen-bond acceptors (Lipinski definition) is 2. The van der Waals surface area contributed by atoms with E-state index in [2.05, 4.69) is 5.32 Å². The van der Waals surface area contributed by atoms with E-state index in [1.807, 2.05) is 0 Å². The number of hydrogen-bond donors (Lipinski definition) is 1. The van der Waals surface area contributed by atoms with Crippen molar-refractivity contribution in [1.29, 1.82) is 0 Å². The monoisotopic (exact) mass is 372 g/mol. The third kappa shape index (κ3) is 5.12. The second kappa shape index (κ2) is 8.75. The highest BCUT2D eigenvalue weighted by Gasteiger charge is 2.24. The molecule has 1 aliphatic heterocycles. The highest BCUT2D eigenvalue weighted by molar-refractivity contribution is 5.94. The van der Waals surface area contributed by atoms with Crippen LogP contribution < -0.4 is 5.32 Å². The maximum atomic E-state index is 13.6. The highest BCUT2D eigenvalue weighted by Crippen LogP contribution is 2.15. The minimum absolute atomic E-state index is 0.00145. The number of likely N-dealkylation sites (tertiary alicyclic amines) is 1. The van der Waals surface area contributed by atoms with Crippen molar-refractivity contribution in [2.45, 2.75) is 31.7 Å². The first kappa shape index (κ1) is 19.0. The van der Waals surface area contributed by atoms with Crippen molar-refractivity contribution in [3.63, 3.8) is 0 Å². The van der Waals surface area contributed by atoms with Gasteiger partial charge in [0.25, 0.3) is 5.91 Å². The van der Waals surface area contributed by atoms with Gasteiger partial charge < -0.3 is 10.2 Å². The van der Waals surface area contributed by atoms with Crippen LogP contribution in [0.25, 0.3) is 0 Å². The molecular weight excluding hydrogens is 350 g/mol. The third-order valence-electron chi connectivity index (χ3n) is 4.86. The number of amides is 2. The third-order valence-corrected chi connectivity index (χ3v) is 4.86. The lowest BCUT2D eigenvalue weighted by molar-refractivity contribution is -0.132. The summed E-state index contributed by atoms with van der Waals surface area (Å²) in [6.07, 6.45) is 1.98. The van der Waals surface area contributed by atoms with Gasteiger partial charge in [0.05, 0.1) is 0 Å². The summed E-state index contributed by atoms with van der Waals surface area (Å²) in [5.74, 6) is -0.901. The molecule has 142 valence electrons. The van der Waals surface area contributed by atoms with E-state index in [0.29, 0.717) is 43.5 Å². The van der Waals surface area contributed by atoms with Crippen LogP contribution in [0, 0.1) is 11.6 Å². The molecule has 27 heavy (non-hydrogen) atoms. The predicted octanol–water partition coefficient (Wildman–Crippen LogP) is 3.32. The average molecular weight is 372 g/mol. The summed E-state index contributed by atoms with van der Waals surface area (Å²) in [5.41, 5.74) is 0.965. The first-order valence-corrected chi connectivity index (χ1v) is 9.10. The van der Waals surface area contributed by atoms with Gasteiger partial charge >= 0.3 is 0 Å². The molecule has 1 fully saturated rings. The van der Waals surface area contributed by atoms with E-state index in [9.17, 15) is 18.4 Å². The van der Waals surface area contributed by atoms with E-state index < -0.39 is 0 Å². The molecule has 0 radical (unpaired) electrons. The zero-order valence-electron chi connectivity index (χ0n) is 15.0. The number of rotatable bonds is 5. The Labute approximate surface area is 157 Å². The van der Waals surface area contributed by atoms with Crippen molar-refractivity contribution in [1.82, 2.24) is 10.2 Å². The van der Waals surface area contributed by atoms with Gasteiger partial charge in [-0.3, -0.25) is 9.59 Å². The quantitative estimate of drug-likeness (QED) is 0.875. The normalized spacial score (nSPS) is 14.8. The van der Waals surface area contributed by atoms with E-state index in [1.54, 1.807) is 23.1 Å². The molecule has 3 rings (SSSR count). The molecule has 0 aliphatic carbocycles. The fourth-order valence-corrected chi connectivity index (χ4v) is 3.24. The van der Waals surface area contributed by atoms with Gasteiger partial charge in [-0.2, -0.15) is 0 Å². The summed E-state index contributed by atoms with van der Waals surface area (Å²) in [7, 11) is 0. The summed E-state index contributed by atoms with van der Waals surface area (Å²) in [6.45, 7) is 1.12. The number of carbonyl (C=O) groups is 2. The van der Waals surface area contributed by atoms with Crippen LogP contribution in [0.4, 0.5) is 8.78 Å². The van der Waals surface area contributed by atoms with E-state index in [0.717, 1.165) is 0 Å². The SMILES string of the molecule is O=C(NC1CCN(C(=O)CCc2ccccc2F)CC1)c1ccc(F)cc1. The average Bonchev–Trinajstić information content (AvgIpc) is 2.68. The fourth-order valence-electron chi connectivity index (χ4n) is 3.24. The lowest BCUT2D eigenvalue weighted by atomic mass is 10.0. The summed E-state index contributed by atoms with van der Waals surface area (Å²) in [5, 5.41) is 2.93. The number of nitrogens with one attached hydrogen (secondary N) is 1. The number of piperidine rings is 1. The minimum Gasteiger partial charge on any atom is -0.349 e. The van der Waals surface area contributed by atoms with Crippen molar-refractivity contribution < 1.29 is 18.4 Å². The Hall–Kier alpha value is -2.76. The molecule has 0 unspecified atom stereocenters. The van der Waals surface area contributed by atoms with Gasteiger partial charge in [-0.25, -0.2) is 8.78 Å².